The molecule has 3 heterocycles. The largest absolute Gasteiger partial charge is 0.437 e. The summed E-state index contributed by atoms with van der Waals surface area (Å²) in [6, 6.07) is 1.49. The number of halogens is 3. The normalized spacial score (nSPS) is 19.5. The maximum absolute atomic E-state index is 13.4. The third kappa shape index (κ3) is 4.40. The van der Waals surface area contributed by atoms with Gasteiger partial charge in [0, 0.05) is 30.5 Å². The van der Waals surface area contributed by atoms with Gasteiger partial charge in [-0.15, -0.1) is 0 Å². The van der Waals surface area contributed by atoms with Crippen LogP contribution >= 0.6 is 0 Å². The van der Waals surface area contributed by atoms with E-state index in [1.165, 1.54) is 16.9 Å². The van der Waals surface area contributed by atoms with Crippen molar-refractivity contribution in [3.63, 3.8) is 0 Å². The predicted molar refractivity (Wildman–Crippen MR) is 112 cm³/mol. The molecule has 0 aliphatic heterocycles. The summed E-state index contributed by atoms with van der Waals surface area (Å²) in [5.74, 6) is -0.231. The number of hydrogen-bond donors (Lipinski definition) is 3. The summed E-state index contributed by atoms with van der Waals surface area (Å²) < 4.78 is 42.8. The minimum absolute atomic E-state index is 0.00717. The summed E-state index contributed by atoms with van der Waals surface area (Å²) in [6.07, 6.45) is 3.36. The minimum Gasteiger partial charge on any atom is -0.366 e. The SMILES string of the molecule is CC(C)n1cc(NC(=O)c2cnn3ccc(NC4CCCC[C@@H]4N)nc23)c(C(F)(F)F)n1. The van der Waals surface area contributed by atoms with Gasteiger partial charge in [0.1, 0.15) is 11.4 Å². The average molecular weight is 450 g/mol. The van der Waals surface area contributed by atoms with Crippen molar-refractivity contribution < 1.29 is 18.0 Å². The van der Waals surface area contributed by atoms with Gasteiger partial charge in [-0.3, -0.25) is 9.48 Å². The van der Waals surface area contributed by atoms with Gasteiger partial charge < -0.3 is 16.4 Å². The Morgan fingerprint density at radius 3 is 2.72 bits per heavy atom. The van der Waals surface area contributed by atoms with Crippen LogP contribution in [0.1, 0.15) is 61.6 Å². The Balaban J connectivity index is 1.60. The molecule has 32 heavy (non-hydrogen) atoms. The van der Waals surface area contributed by atoms with Crippen LogP contribution in [0.3, 0.4) is 0 Å². The molecule has 4 rings (SSSR count). The number of carbonyl (C=O) groups excluding carboxylic acids is 1. The number of carbonyl (C=O) groups is 1. The van der Waals surface area contributed by atoms with Crippen molar-refractivity contribution in [1.82, 2.24) is 24.4 Å². The highest BCUT2D eigenvalue weighted by molar-refractivity contribution is 6.08. The fourth-order valence-corrected chi connectivity index (χ4v) is 3.78. The Morgan fingerprint density at radius 1 is 1.28 bits per heavy atom. The summed E-state index contributed by atoms with van der Waals surface area (Å²) in [4.78, 5) is 17.3. The van der Waals surface area contributed by atoms with Gasteiger partial charge in [0.25, 0.3) is 5.91 Å². The van der Waals surface area contributed by atoms with E-state index in [9.17, 15) is 18.0 Å². The number of hydrogen-bond acceptors (Lipinski definition) is 6. The molecule has 4 N–H and O–H groups in total. The highest BCUT2D eigenvalue weighted by Gasteiger charge is 2.38. The molecule has 9 nitrogen and oxygen atoms in total. The van der Waals surface area contributed by atoms with E-state index < -0.39 is 23.5 Å². The zero-order valence-corrected chi connectivity index (χ0v) is 17.7. The van der Waals surface area contributed by atoms with Crippen molar-refractivity contribution in [2.24, 2.45) is 5.73 Å². The van der Waals surface area contributed by atoms with Crippen LogP contribution < -0.4 is 16.4 Å². The van der Waals surface area contributed by atoms with Crippen LogP contribution in [0.4, 0.5) is 24.7 Å². The second-order valence-electron chi connectivity index (χ2n) is 8.26. The highest BCUT2D eigenvalue weighted by Crippen LogP contribution is 2.34. The molecule has 0 aromatic carbocycles. The zero-order chi connectivity index (χ0) is 23.0. The lowest BCUT2D eigenvalue weighted by Gasteiger charge is -2.29. The molecule has 1 fully saturated rings. The molecular formula is C20H25F3N8O. The van der Waals surface area contributed by atoms with Gasteiger partial charge in [-0.25, -0.2) is 9.50 Å². The molecule has 0 radical (unpaired) electrons. The average Bonchev–Trinajstić information content (AvgIpc) is 3.34. The van der Waals surface area contributed by atoms with Crippen molar-refractivity contribution in [2.75, 3.05) is 10.6 Å². The molecule has 1 amide bonds. The topological polar surface area (TPSA) is 115 Å². The quantitative estimate of drug-likeness (QED) is 0.548. The first-order valence-corrected chi connectivity index (χ1v) is 10.5. The second-order valence-corrected chi connectivity index (χ2v) is 8.26. The molecule has 1 saturated carbocycles. The Labute approximate surface area is 182 Å². The van der Waals surface area contributed by atoms with E-state index in [4.69, 9.17) is 5.73 Å². The van der Waals surface area contributed by atoms with Crippen LogP contribution in [-0.4, -0.2) is 42.4 Å². The fourth-order valence-electron chi connectivity index (χ4n) is 3.78. The van der Waals surface area contributed by atoms with Crippen molar-refractivity contribution in [3.8, 4) is 0 Å². The maximum Gasteiger partial charge on any atom is 0.437 e. The first kappa shape index (κ1) is 22.1. The van der Waals surface area contributed by atoms with Crippen LogP contribution in [0, 0.1) is 0 Å². The molecule has 1 unspecified atom stereocenters. The van der Waals surface area contributed by atoms with Crippen LogP contribution in [0.2, 0.25) is 0 Å². The van der Waals surface area contributed by atoms with Gasteiger partial charge in [0.15, 0.2) is 11.3 Å². The molecular weight excluding hydrogens is 425 g/mol. The van der Waals surface area contributed by atoms with E-state index in [0.717, 1.165) is 30.4 Å². The van der Waals surface area contributed by atoms with Gasteiger partial charge in [-0.2, -0.15) is 23.4 Å². The van der Waals surface area contributed by atoms with Crippen LogP contribution in [-0.2, 0) is 6.18 Å². The Kier molecular flexibility index (Phi) is 5.80. The summed E-state index contributed by atoms with van der Waals surface area (Å²) in [5, 5.41) is 13.3. The lowest BCUT2D eigenvalue weighted by atomic mass is 9.91. The Morgan fingerprint density at radius 2 is 2.03 bits per heavy atom. The van der Waals surface area contributed by atoms with Crippen molar-refractivity contribution >= 4 is 23.1 Å². The van der Waals surface area contributed by atoms with Crippen molar-refractivity contribution in [2.45, 2.75) is 63.8 Å². The molecule has 0 spiro atoms. The monoisotopic (exact) mass is 450 g/mol. The van der Waals surface area contributed by atoms with E-state index >= 15 is 0 Å². The van der Waals surface area contributed by atoms with Crippen molar-refractivity contribution in [1.29, 1.82) is 0 Å². The number of nitrogens with zero attached hydrogens (tertiary/aromatic N) is 5. The summed E-state index contributed by atoms with van der Waals surface area (Å²) >= 11 is 0. The van der Waals surface area contributed by atoms with Gasteiger partial charge in [0.05, 0.1) is 11.9 Å². The van der Waals surface area contributed by atoms with E-state index in [-0.39, 0.29) is 29.3 Å². The molecule has 0 bridgehead atoms. The summed E-state index contributed by atoms with van der Waals surface area (Å²) in [5.41, 5.74) is 4.88. The fraction of sp³-hybridized carbons (Fsp3) is 0.500. The summed E-state index contributed by atoms with van der Waals surface area (Å²) in [6.45, 7) is 3.39. The molecule has 0 saturated heterocycles. The molecule has 1 aliphatic carbocycles. The molecule has 3 aromatic rings. The standard InChI is InChI=1S/C20H25F3N8O/c1-11(2)31-10-15(17(29-31)20(21,22)23)27-19(32)12-9-25-30-8-7-16(28-18(12)30)26-14-6-4-3-5-13(14)24/h7-11,13-14H,3-6,24H2,1-2H3,(H,26,28)(H,27,32)/t13-,14?/m0/s1. The van der Waals surface area contributed by atoms with Gasteiger partial charge >= 0.3 is 6.18 Å². The lowest BCUT2D eigenvalue weighted by molar-refractivity contribution is -0.140. The number of rotatable bonds is 5. The van der Waals surface area contributed by atoms with Crippen LogP contribution in [0.5, 0.6) is 0 Å². The lowest BCUT2D eigenvalue weighted by Crippen LogP contribution is -2.42. The number of fused-ring (bicyclic) bond motifs is 1. The maximum atomic E-state index is 13.4. The third-order valence-corrected chi connectivity index (χ3v) is 5.54. The number of nitrogens with two attached hydrogens (primary N) is 1. The number of anilines is 2. The minimum atomic E-state index is -4.71. The Hall–Kier alpha value is -3.15. The molecule has 12 heteroatoms. The summed E-state index contributed by atoms with van der Waals surface area (Å²) in [7, 11) is 0. The second kappa shape index (κ2) is 8.41. The van der Waals surface area contributed by atoms with E-state index in [1.54, 1.807) is 26.1 Å². The predicted octanol–water partition coefficient (Wildman–Crippen LogP) is 3.46. The first-order valence-electron chi connectivity index (χ1n) is 10.5. The zero-order valence-electron chi connectivity index (χ0n) is 17.7. The third-order valence-electron chi connectivity index (χ3n) is 5.54. The van der Waals surface area contributed by atoms with Gasteiger partial charge in [-0.05, 0) is 32.8 Å². The number of nitrogens with one attached hydrogen (secondary N) is 2. The van der Waals surface area contributed by atoms with E-state index in [1.807, 2.05) is 0 Å². The van der Waals surface area contributed by atoms with Crippen molar-refractivity contribution in [3.05, 3.63) is 35.9 Å². The van der Waals surface area contributed by atoms with Gasteiger partial charge in [-0.1, -0.05) is 12.8 Å². The number of amides is 1. The number of alkyl halides is 3. The molecule has 2 atom stereocenters. The smallest absolute Gasteiger partial charge is 0.366 e. The first-order chi connectivity index (χ1) is 15.1. The van der Waals surface area contributed by atoms with Crippen LogP contribution in [0.15, 0.2) is 24.7 Å². The van der Waals surface area contributed by atoms with E-state index in [0.29, 0.717) is 5.82 Å². The highest BCUT2D eigenvalue weighted by atomic mass is 19.4. The molecule has 3 aromatic heterocycles. The molecule has 1 aliphatic rings. The van der Waals surface area contributed by atoms with Gasteiger partial charge in [0.2, 0.25) is 0 Å². The number of aromatic nitrogens is 5. The molecule has 172 valence electrons. The van der Waals surface area contributed by atoms with E-state index in [2.05, 4.69) is 25.8 Å². The van der Waals surface area contributed by atoms with Crippen LogP contribution in [0.25, 0.3) is 5.65 Å². The Bertz CT molecular complexity index is 1120.